The highest BCUT2D eigenvalue weighted by atomic mass is 19.4. The molecule has 36 heavy (non-hydrogen) atoms. The molecular weight excluding hydrogens is 498 g/mol. The number of benzene rings is 2. The number of amides is 1. The van der Waals surface area contributed by atoms with Crippen LogP contribution in [0.3, 0.4) is 0 Å². The predicted molar refractivity (Wildman–Crippen MR) is 112 cm³/mol. The van der Waals surface area contributed by atoms with E-state index in [-0.39, 0.29) is 12.4 Å². The summed E-state index contributed by atoms with van der Waals surface area (Å²) in [5.41, 5.74) is -3.27. The van der Waals surface area contributed by atoms with Gasteiger partial charge in [0.15, 0.2) is 11.9 Å². The van der Waals surface area contributed by atoms with Crippen LogP contribution in [0.5, 0.6) is 5.75 Å². The van der Waals surface area contributed by atoms with Crippen molar-refractivity contribution >= 4 is 11.6 Å². The summed E-state index contributed by atoms with van der Waals surface area (Å²) >= 11 is 0. The Hall–Kier alpha value is -3.81. The normalized spacial score (nSPS) is 16.4. The number of nitrogens with zero attached hydrogens (tertiary/aromatic N) is 3. The molecule has 4 rings (SSSR count). The molecular formula is C22H18F6N4O4. The Kier molecular flexibility index (Phi) is 6.56. The molecule has 0 saturated carbocycles. The topological polar surface area (TPSA) is 98.4 Å². The van der Waals surface area contributed by atoms with Crippen molar-refractivity contribution in [1.82, 2.24) is 14.3 Å². The molecule has 0 saturated heterocycles. The summed E-state index contributed by atoms with van der Waals surface area (Å²) in [6.07, 6.45) is -7.76. The number of nitrogens with one attached hydrogen (secondary N) is 1. The molecule has 192 valence electrons. The van der Waals surface area contributed by atoms with Crippen molar-refractivity contribution in [3.05, 3.63) is 69.7 Å². The Morgan fingerprint density at radius 3 is 2.47 bits per heavy atom. The van der Waals surface area contributed by atoms with Gasteiger partial charge in [-0.2, -0.15) is 17.9 Å². The van der Waals surface area contributed by atoms with Crippen molar-refractivity contribution in [3.63, 3.8) is 0 Å². The zero-order valence-electron chi connectivity index (χ0n) is 18.4. The quantitative estimate of drug-likeness (QED) is 0.502. The molecule has 1 amide bonds. The van der Waals surface area contributed by atoms with Crippen molar-refractivity contribution in [2.75, 3.05) is 5.32 Å². The van der Waals surface area contributed by atoms with Crippen LogP contribution in [0, 0.1) is 17.5 Å². The van der Waals surface area contributed by atoms with E-state index in [1.807, 2.05) is 5.32 Å². The molecule has 2 aromatic carbocycles. The second-order valence-electron chi connectivity index (χ2n) is 8.01. The van der Waals surface area contributed by atoms with Crippen molar-refractivity contribution in [1.29, 1.82) is 0 Å². The van der Waals surface area contributed by atoms with Crippen LogP contribution in [0.4, 0.5) is 32.0 Å². The third-order valence-electron chi connectivity index (χ3n) is 5.54. The molecule has 1 aromatic heterocycles. The number of hydrogen-bond acceptors (Lipinski definition) is 5. The average molecular weight is 516 g/mol. The Balaban J connectivity index is 1.82. The van der Waals surface area contributed by atoms with Crippen LogP contribution in [0.1, 0.15) is 42.1 Å². The van der Waals surface area contributed by atoms with Crippen LogP contribution in [0.15, 0.2) is 35.1 Å². The monoisotopic (exact) mass is 516 g/mol. The van der Waals surface area contributed by atoms with Crippen molar-refractivity contribution in [2.24, 2.45) is 0 Å². The second kappa shape index (κ2) is 9.33. The smallest absolute Gasteiger partial charge is 0.425 e. The van der Waals surface area contributed by atoms with Gasteiger partial charge in [-0.25, -0.2) is 18.0 Å². The Morgan fingerprint density at radius 1 is 1.19 bits per heavy atom. The Morgan fingerprint density at radius 2 is 1.86 bits per heavy atom. The van der Waals surface area contributed by atoms with Crippen molar-refractivity contribution in [3.8, 4) is 11.4 Å². The molecule has 8 nitrogen and oxygen atoms in total. The van der Waals surface area contributed by atoms with Gasteiger partial charge in [0.25, 0.3) is 5.91 Å². The van der Waals surface area contributed by atoms with Crippen molar-refractivity contribution < 1.29 is 41.0 Å². The van der Waals surface area contributed by atoms with E-state index < -0.39 is 70.1 Å². The van der Waals surface area contributed by atoms with E-state index in [0.717, 1.165) is 22.8 Å². The zero-order chi connectivity index (χ0) is 26.4. The Bertz CT molecular complexity index is 1360. The van der Waals surface area contributed by atoms with Crippen LogP contribution in [0.25, 0.3) is 5.69 Å². The standard InChI is InChI=1S/C22H18F6N4O4/c1-10(22(26,27)28)36-17-9-15(32-21(35)31-7-3-6-16(33)19(31)30-32)14(25)8-11(17)20(34)29-18-12(23)4-2-5-13(18)24/h2,4-5,8-10,16,33H,3,6-7H2,1H3,(H,29,34)/t10-,16+/m0/s1. The van der Waals surface area contributed by atoms with E-state index in [4.69, 9.17) is 4.74 Å². The summed E-state index contributed by atoms with van der Waals surface area (Å²) in [4.78, 5) is 25.5. The van der Waals surface area contributed by atoms with Crippen LogP contribution < -0.4 is 15.7 Å². The van der Waals surface area contributed by atoms with Gasteiger partial charge in [0.2, 0.25) is 0 Å². The van der Waals surface area contributed by atoms with Gasteiger partial charge in [0.1, 0.15) is 40.7 Å². The van der Waals surface area contributed by atoms with Gasteiger partial charge in [0.05, 0.1) is 5.56 Å². The van der Waals surface area contributed by atoms with E-state index in [0.29, 0.717) is 36.6 Å². The molecule has 0 bridgehead atoms. The summed E-state index contributed by atoms with van der Waals surface area (Å²) in [5, 5.41) is 15.8. The van der Waals surface area contributed by atoms with E-state index in [9.17, 15) is 36.6 Å². The lowest BCUT2D eigenvalue weighted by molar-refractivity contribution is -0.189. The van der Waals surface area contributed by atoms with E-state index in [1.54, 1.807) is 0 Å². The molecule has 2 heterocycles. The number of halogens is 6. The maximum Gasteiger partial charge on any atom is 0.425 e. The molecule has 0 radical (unpaired) electrons. The number of rotatable bonds is 5. The lowest BCUT2D eigenvalue weighted by Gasteiger charge is -2.20. The lowest BCUT2D eigenvalue weighted by atomic mass is 10.1. The van der Waals surface area contributed by atoms with Gasteiger partial charge >= 0.3 is 11.9 Å². The summed E-state index contributed by atoms with van der Waals surface area (Å²) in [6.45, 7) is 0.801. The number of carbonyl (C=O) groups is 1. The number of ether oxygens (including phenoxy) is 1. The van der Waals surface area contributed by atoms with Gasteiger partial charge in [-0.3, -0.25) is 9.36 Å². The summed E-state index contributed by atoms with van der Waals surface area (Å²) in [5.74, 6) is -5.90. The minimum Gasteiger partial charge on any atom is -0.480 e. The molecule has 0 fully saturated rings. The number of aromatic nitrogens is 3. The first-order valence-corrected chi connectivity index (χ1v) is 10.6. The van der Waals surface area contributed by atoms with Crippen LogP contribution >= 0.6 is 0 Å². The molecule has 2 N–H and O–H groups in total. The molecule has 0 spiro atoms. The predicted octanol–water partition coefficient (Wildman–Crippen LogP) is 3.86. The first kappa shape index (κ1) is 25.3. The number of para-hydroxylation sites is 1. The third kappa shape index (κ3) is 4.67. The minimum absolute atomic E-state index is 0.0615. The highest BCUT2D eigenvalue weighted by Crippen LogP contribution is 2.32. The van der Waals surface area contributed by atoms with Gasteiger partial charge in [-0.1, -0.05) is 6.07 Å². The van der Waals surface area contributed by atoms with E-state index in [2.05, 4.69) is 5.10 Å². The highest BCUT2D eigenvalue weighted by Gasteiger charge is 2.39. The fraction of sp³-hybridized carbons (Fsp3) is 0.318. The number of aliphatic hydroxyl groups excluding tert-OH is 1. The average Bonchev–Trinajstić information content (AvgIpc) is 3.14. The maximum atomic E-state index is 15.1. The van der Waals surface area contributed by atoms with Gasteiger partial charge in [-0.15, -0.1) is 5.10 Å². The number of anilines is 1. The summed E-state index contributed by atoms with van der Waals surface area (Å²) in [7, 11) is 0. The van der Waals surface area contributed by atoms with Gasteiger partial charge < -0.3 is 15.2 Å². The first-order chi connectivity index (χ1) is 16.9. The number of aliphatic hydroxyl groups is 1. The third-order valence-corrected chi connectivity index (χ3v) is 5.54. The fourth-order valence-corrected chi connectivity index (χ4v) is 3.63. The lowest BCUT2D eigenvalue weighted by Crippen LogP contribution is -2.32. The molecule has 14 heteroatoms. The fourth-order valence-electron chi connectivity index (χ4n) is 3.63. The molecule has 0 aliphatic carbocycles. The molecule has 1 aliphatic rings. The molecule has 1 aliphatic heterocycles. The number of alkyl halides is 3. The summed E-state index contributed by atoms with van der Waals surface area (Å²) < 4.78 is 89.1. The highest BCUT2D eigenvalue weighted by molar-refractivity contribution is 6.06. The van der Waals surface area contributed by atoms with Gasteiger partial charge in [0, 0.05) is 12.6 Å². The van der Waals surface area contributed by atoms with E-state index >= 15 is 4.39 Å². The van der Waals surface area contributed by atoms with Crippen LogP contribution in [-0.4, -0.2) is 37.6 Å². The SMILES string of the molecule is C[C@H](Oc1cc(-n2nc3n(c2=O)CCC[C@H]3O)c(F)cc1C(=O)Nc1c(F)cccc1F)C(F)(F)F. The second-order valence-corrected chi connectivity index (χ2v) is 8.01. The number of carbonyl (C=O) groups excluding carboxylic acids is 1. The van der Waals surface area contributed by atoms with Crippen LogP contribution in [-0.2, 0) is 6.54 Å². The molecule has 3 aromatic rings. The first-order valence-electron chi connectivity index (χ1n) is 10.6. The Labute approximate surface area is 198 Å². The van der Waals surface area contributed by atoms with Crippen molar-refractivity contribution in [2.45, 2.75) is 44.7 Å². The maximum absolute atomic E-state index is 15.1. The zero-order valence-corrected chi connectivity index (χ0v) is 18.4. The molecule has 0 unspecified atom stereocenters. The van der Waals surface area contributed by atoms with Gasteiger partial charge in [-0.05, 0) is 38.0 Å². The van der Waals surface area contributed by atoms with Crippen LogP contribution in [0.2, 0.25) is 0 Å². The largest absolute Gasteiger partial charge is 0.480 e. The minimum atomic E-state index is -4.89. The number of hydrogen-bond donors (Lipinski definition) is 2. The van der Waals surface area contributed by atoms with E-state index in [1.165, 1.54) is 0 Å². The summed E-state index contributed by atoms with van der Waals surface area (Å²) in [6, 6.07) is 3.78. The number of fused-ring (bicyclic) bond motifs is 1. The molecule has 2 atom stereocenters.